The van der Waals surface area contributed by atoms with Gasteiger partial charge in [-0.15, -0.1) is 0 Å². The molecule has 0 radical (unpaired) electrons. The molecule has 0 spiro atoms. The molecule has 4 nitrogen and oxygen atoms in total. The maximum atomic E-state index is 12.2. The number of rotatable bonds is 2. The smallest absolute Gasteiger partial charge is 0.258 e. The molecule has 94 valence electrons. The van der Waals surface area contributed by atoms with Crippen LogP contribution in [0.25, 0.3) is 0 Å². The summed E-state index contributed by atoms with van der Waals surface area (Å²) >= 11 is 9.27. The Morgan fingerprint density at radius 3 is 2.78 bits per heavy atom. The third kappa shape index (κ3) is 2.57. The van der Waals surface area contributed by atoms with Crippen molar-refractivity contribution in [3.05, 3.63) is 45.7 Å². The summed E-state index contributed by atoms with van der Waals surface area (Å²) in [6.45, 7) is 0. The molecule has 0 saturated heterocycles. The predicted molar refractivity (Wildman–Crippen MR) is 75.1 cm³/mol. The highest BCUT2D eigenvalue weighted by molar-refractivity contribution is 9.10. The molecular formula is C12H11BrClN3O. The van der Waals surface area contributed by atoms with Crippen molar-refractivity contribution >= 4 is 39.1 Å². The quantitative estimate of drug-likeness (QED) is 0.849. The van der Waals surface area contributed by atoms with E-state index in [0.29, 0.717) is 10.6 Å². The van der Waals surface area contributed by atoms with Crippen LogP contribution in [0, 0.1) is 0 Å². The minimum atomic E-state index is -0.127. The second-order valence-corrected chi connectivity index (χ2v) is 5.13. The van der Waals surface area contributed by atoms with Crippen LogP contribution in [0.2, 0.25) is 5.02 Å². The van der Waals surface area contributed by atoms with Crippen molar-refractivity contribution in [2.24, 2.45) is 7.05 Å². The van der Waals surface area contributed by atoms with E-state index in [0.717, 1.165) is 10.2 Å². The predicted octanol–water partition coefficient (Wildman–Crippen LogP) is 3.11. The first-order valence-electron chi connectivity index (χ1n) is 5.21. The summed E-state index contributed by atoms with van der Waals surface area (Å²) in [6.07, 6.45) is 3.41. The first kappa shape index (κ1) is 13.1. The molecule has 2 aromatic rings. The molecule has 0 N–H and O–H groups in total. The lowest BCUT2D eigenvalue weighted by Crippen LogP contribution is -2.25. The zero-order chi connectivity index (χ0) is 13.3. The SMILES string of the molecule is CN(C(=O)c1ccc(Br)c(Cl)c1)c1cnn(C)c1. The molecule has 6 heteroatoms. The first-order chi connectivity index (χ1) is 8.49. The first-order valence-corrected chi connectivity index (χ1v) is 6.38. The maximum Gasteiger partial charge on any atom is 0.258 e. The number of aromatic nitrogens is 2. The van der Waals surface area contributed by atoms with Gasteiger partial charge in [0.05, 0.1) is 16.9 Å². The molecule has 18 heavy (non-hydrogen) atoms. The molecule has 1 aromatic carbocycles. The van der Waals surface area contributed by atoms with E-state index in [1.54, 1.807) is 49.4 Å². The van der Waals surface area contributed by atoms with Crippen LogP contribution in [0.5, 0.6) is 0 Å². The van der Waals surface area contributed by atoms with E-state index in [-0.39, 0.29) is 5.91 Å². The second kappa shape index (κ2) is 5.12. The van der Waals surface area contributed by atoms with Gasteiger partial charge in [0.25, 0.3) is 5.91 Å². The van der Waals surface area contributed by atoms with Gasteiger partial charge < -0.3 is 4.90 Å². The summed E-state index contributed by atoms with van der Waals surface area (Å²) in [7, 11) is 3.51. The average molecular weight is 329 g/mol. The minimum Gasteiger partial charge on any atom is -0.309 e. The summed E-state index contributed by atoms with van der Waals surface area (Å²) in [5.41, 5.74) is 1.27. The molecule has 0 unspecified atom stereocenters. The number of halogens is 2. The van der Waals surface area contributed by atoms with Crippen LogP contribution in [0.4, 0.5) is 5.69 Å². The summed E-state index contributed by atoms with van der Waals surface area (Å²) in [5, 5.41) is 4.55. The number of anilines is 1. The molecule has 1 heterocycles. The van der Waals surface area contributed by atoms with Gasteiger partial charge in [-0.25, -0.2) is 0 Å². The number of amides is 1. The van der Waals surface area contributed by atoms with Crippen molar-refractivity contribution in [1.82, 2.24) is 9.78 Å². The Balaban J connectivity index is 2.28. The number of benzene rings is 1. The molecule has 0 atom stereocenters. The lowest BCUT2D eigenvalue weighted by Gasteiger charge is -2.15. The van der Waals surface area contributed by atoms with Gasteiger partial charge in [-0.2, -0.15) is 5.10 Å². The number of carbonyl (C=O) groups excluding carboxylic acids is 1. The second-order valence-electron chi connectivity index (χ2n) is 3.87. The molecule has 2 rings (SSSR count). The molecule has 0 bridgehead atoms. The highest BCUT2D eigenvalue weighted by Crippen LogP contribution is 2.24. The van der Waals surface area contributed by atoms with Crippen LogP contribution in [-0.4, -0.2) is 22.7 Å². The minimum absolute atomic E-state index is 0.127. The maximum absolute atomic E-state index is 12.2. The van der Waals surface area contributed by atoms with Crippen LogP contribution in [-0.2, 0) is 7.05 Å². The monoisotopic (exact) mass is 327 g/mol. The third-order valence-electron chi connectivity index (χ3n) is 2.55. The molecule has 0 aliphatic rings. The van der Waals surface area contributed by atoms with Gasteiger partial charge in [-0.1, -0.05) is 11.6 Å². The Morgan fingerprint density at radius 2 is 2.22 bits per heavy atom. The molecule has 1 aromatic heterocycles. The van der Waals surface area contributed by atoms with Gasteiger partial charge in [-0.3, -0.25) is 9.48 Å². The van der Waals surface area contributed by atoms with E-state index < -0.39 is 0 Å². The van der Waals surface area contributed by atoms with Gasteiger partial charge >= 0.3 is 0 Å². The van der Waals surface area contributed by atoms with E-state index in [2.05, 4.69) is 21.0 Å². The Labute approximate surface area is 118 Å². The normalized spacial score (nSPS) is 10.4. The molecule has 0 aliphatic heterocycles. The van der Waals surface area contributed by atoms with Gasteiger partial charge in [-0.05, 0) is 34.1 Å². The summed E-state index contributed by atoms with van der Waals surface area (Å²) in [5.74, 6) is -0.127. The van der Waals surface area contributed by atoms with E-state index in [4.69, 9.17) is 11.6 Å². The largest absolute Gasteiger partial charge is 0.309 e. The Hall–Kier alpha value is -1.33. The number of carbonyl (C=O) groups is 1. The topological polar surface area (TPSA) is 38.1 Å². The molecule has 0 aliphatic carbocycles. The molecule has 0 saturated carbocycles. The summed E-state index contributed by atoms with van der Waals surface area (Å²) in [4.78, 5) is 13.8. The number of hydrogen-bond donors (Lipinski definition) is 0. The Morgan fingerprint density at radius 1 is 1.50 bits per heavy atom. The molecule has 1 amide bonds. The average Bonchev–Trinajstić information content (AvgIpc) is 2.77. The van der Waals surface area contributed by atoms with E-state index in [9.17, 15) is 4.79 Å². The Kier molecular flexibility index (Phi) is 3.73. The van der Waals surface area contributed by atoms with E-state index >= 15 is 0 Å². The zero-order valence-corrected chi connectivity index (χ0v) is 12.2. The Bertz CT molecular complexity index is 597. The van der Waals surface area contributed by atoms with Crippen molar-refractivity contribution in [3.63, 3.8) is 0 Å². The zero-order valence-electron chi connectivity index (χ0n) is 9.89. The van der Waals surface area contributed by atoms with Crippen LogP contribution >= 0.6 is 27.5 Å². The lowest BCUT2D eigenvalue weighted by molar-refractivity contribution is 0.0993. The van der Waals surface area contributed by atoms with Gasteiger partial charge in [0.2, 0.25) is 0 Å². The fourth-order valence-electron chi connectivity index (χ4n) is 1.52. The number of aryl methyl sites for hydroxylation is 1. The molecular weight excluding hydrogens is 318 g/mol. The van der Waals surface area contributed by atoms with Crippen molar-refractivity contribution in [3.8, 4) is 0 Å². The number of nitrogens with zero attached hydrogens (tertiary/aromatic N) is 3. The summed E-state index contributed by atoms with van der Waals surface area (Å²) < 4.78 is 2.41. The van der Waals surface area contributed by atoms with E-state index in [1.165, 1.54) is 4.90 Å². The highest BCUT2D eigenvalue weighted by Gasteiger charge is 2.15. The van der Waals surface area contributed by atoms with Crippen LogP contribution in [0.15, 0.2) is 35.1 Å². The van der Waals surface area contributed by atoms with Crippen molar-refractivity contribution < 1.29 is 4.79 Å². The fourth-order valence-corrected chi connectivity index (χ4v) is 1.95. The van der Waals surface area contributed by atoms with Crippen LogP contribution in [0.1, 0.15) is 10.4 Å². The van der Waals surface area contributed by atoms with E-state index in [1.807, 2.05) is 0 Å². The summed E-state index contributed by atoms with van der Waals surface area (Å²) in [6, 6.07) is 5.12. The van der Waals surface area contributed by atoms with Crippen molar-refractivity contribution in [2.45, 2.75) is 0 Å². The highest BCUT2D eigenvalue weighted by atomic mass is 79.9. The van der Waals surface area contributed by atoms with Crippen LogP contribution < -0.4 is 4.90 Å². The van der Waals surface area contributed by atoms with Crippen molar-refractivity contribution in [1.29, 1.82) is 0 Å². The lowest BCUT2D eigenvalue weighted by atomic mass is 10.2. The van der Waals surface area contributed by atoms with Gasteiger partial charge in [0.15, 0.2) is 0 Å². The van der Waals surface area contributed by atoms with Gasteiger partial charge in [0.1, 0.15) is 0 Å². The van der Waals surface area contributed by atoms with Gasteiger partial charge in [0, 0.05) is 30.3 Å². The molecule has 0 fully saturated rings. The fraction of sp³-hybridized carbons (Fsp3) is 0.167. The van der Waals surface area contributed by atoms with Crippen molar-refractivity contribution in [2.75, 3.05) is 11.9 Å². The third-order valence-corrected chi connectivity index (χ3v) is 3.78. The van der Waals surface area contributed by atoms with Crippen LogP contribution in [0.3, 0.4) is 0 Å². The standard InChI is InChI=1S/C12H11BrClN3O/c1-16-7-9(6-15-16)17(2)12(18)8-3-4-10(13)11(14)5-8/h3-7H,1-2H3. The number of hydrogen-bond acceptors (Lipinski definition) is 2.